The summed E-state index contributed by atoms with van der Waals surface area (Å²) in [7, 11) is -4.88. The predicted octanol–water partition coefficient (Wildman–Crippen LogP) is 6.08. The summed E-state index contributed by atoms with van der Waals surface area (Å²) in [6.07, 6.45) is 3.71. The number of hydrogen-bond donors (Lipinski definition) is 1. The topological polar surface area (TPSA) is 46.5 Å². The minimum absolute atomic E-state index is 0.164. The van der Waals surface area contributed by atoms with Crippen molar-refractivity contribution in [3.63, 3.8) is 0 Å². The number of benzene rings is 2. The van der Waals surface area contributed by atoms with E-state index in [1.165, 1.54) is 0 Å². The lowest BCUT2D eigenvalue weighted by Gasteiger charge is -2.41. The van der Waals surface area contributed by atoms with Crippen LogP contribution < -0.4 is 10.6 Å². The molecule has 0 heterocycles. The first-order valence-electron chi connectivity index (χ1n) is 11.6. The molecule has 0 saturated heterocycles. The van der Waals surface area contributed by atoms with Gasteiger partial charge >= 0.3 is 0 Å². The first kappa shape index (κ1) is 24.4. The first-order valence-corrected chi connectivity index (χ1v) is 16.3. The maximum atomic E-state index is 14.8. The van der Waals surface area contributed by atoms with Gasteiger partial charge in [0.2, 0.25) is 0 Å². The lowest BCUT2D eigenvalue weighted by Crippen LogP contribution is -2.45. The molecule has 1 saturated carbocycles. The monoisotopic (exact) mass is 458 g/mol. The number of aliphatic hydroxyl groups excluding tert-OH is 1. The molecule has 5 heteroatoms. The fourth-order valence-electron chi connectivity index (χ4n) is 4.41. The molecular weight excluding hydrogens is 419 g/mol. The molecule has 1 N–H and O–H groups in total. The zero-order chi connectivity index (χ0) is 22.7. The van der Waals surface area contributed by atoms with Crippen molar-refractivity contribution in [3.05, 3.63) is 60.7 Å². The molecule has 0 aromatic heterocycles. The summed E-state index contributed by atoms with van der Waals surface area (Å²) in [6, 6.07) is 19.5. The number of hydrogen-bond acceptors (Lipinski definition) is 3. The van der Waals surface area contributed by atoms with Gasteiger partial charge in [0, 0.05) is 22.4 Å². The van der Waals surface area contributed by atoms with E-state index in [9.17, 15) is 9.67 Å². The quantitative estimate of drug-likeness (QED) is 0.436. The lowest BCUT2D eigenvalue weighted by molar-refractivity contribution is 0.102. The molecule has 3 nitrogen and oxygen atoms in total. The molecule has 0 spiro atoms. The van der Waals surface area contributed by atoms with E-state index in [1.807, 2.05) is 60.7 Å². The van der Waals surface area contributed by atoms with Crippen molar-refractivity contribution < 1.29 is 14.1 Å². The Morgan fingerprint density at radius 3 is 1.87 bits per heavy atom. The largest absolute Gasteiger partial charge is 0.414 e. The van der Waals surface area contributed by atoms with Crippen LogP contribution in [0.4, 0.5) is 0 Å². The summed E-state index contributed by atoms with van der Waals surface area (Å²) in [5, 5.41) is 13.0. The molecule has 0 bridgehead atoms. The van der Waals surface area contributed by atoms with Crippen LogP contribution in [-0.2, 0) is 8.99 Å². The Labute approximate surface area is 189 Å². The van der Waals surface area contributed by atoms with Gasteiger partial charge in [-0.1, -0.05) is 81.4 Å². The molecule has 170 valence electrons. The fourth-order valence-corrected chi connectivity index (χ4v) is 9.27. The molecule has 31 heavy (non-hydrogen) atoms. The average Bonchev–Trinajstić information content (AvgIpc) is 2.72. The smallest absolute Gasteiger partial charge is 0.192 e. The van der Waals surface area contributed by atoms with Gasteiger partial charge in [0.25, 0.3) is 0 Å². The van der Waals surface area contributed by atoms with Crippen molar-refractivity contribution >= 4 is 26.1 Å². The second-order valence-electron chi connectivity index (χ2n) is 10.5. The Bertz CT molecular complexity index is 833. The van der Waals surface area contributed by atoms with E-state index in [1.54, 1.807) is 0 Å². The lowest BCUT2D eigenvalue weighted by atomic mass is 9.96. The van der Waals surface area contributed by atoms with Crippen molar-refractivity contribution in [2.45, 2.75) is 88.9 Å². The number of aliphatic hydroxyl groups is 1. The van der Waals surface area contributed by atoms with Gasteiger partial charge in [-0.3, -0.25) is 0 Å². The highest BCUT2D eigenvalue weighted by Gasteiger charge is 2.43. The Balaban J connectivity index is 1.93. The summed E-state index contributed by atoms with van der Waals surface area (Å²) < 4.78 is 21.6. The molecule has 1 fully saturated rings. The van der Waals surface area contributed by atoms with Gasteiger partial charge in [0.1, 0.15) is 7.14 Å². The van der Waals surface area contributed by atoms with Crippen LogP contribution in [0.25, 0.3) is 0 Å². The van der Waals surface area contributed by atoms with Gasteiger partial charge < -0.3 is 14.1 Å². The van der Waals surface area contributed by atoms with Crippen LogP contribution >= 0.6 is 7.14 Å². The maximum Gasteiger partial charge on any atom is 0.192 e. The molecular formula is C26H39O3PSi. The van der Waals surface area contributed by atoms with Crippen LogP contribution in [0.2, 0.25) is 18.1 Å². The van der Waals surface area contributed by atoms with E-state index in [4.69, 9.17) is 4.43 Å². The Kier molecular flexibility index (Phi) is 7.69. The van der Waals surface area contributed by atoms with Gasteiger partial charge in [-0.2, -0.15) is 0 Å². The highest BCUT2D eigenvalue weighted by atomic mass is 31.2. The van der Waals surface area contributed by atoms with Crippen LogP contribution in [-0.4, -0.2) is 31.3 Å². The van der Waals surface area contributed by atoms with Crippen LogP contribution in [0, 0.1) is 0 Å². The highest BCUT2D eigenvalue weighted by Crippen LogP contribution is 2.53. The predicted molar refractivity (Wildman–Crippen MR) is 135 cm³/mol. The van der Waals surface area contributed by atoms with E-state index < -0.39 is 21.6 Å². The number of rotatable bonds is 5. The first-order chi connectivity index (χ1) is 14.6. The van der Waals surface area contributed by atoms with E-state index in [-0.39, 0.29) is 16.8 Å². The zero-order valence-electron chi connectivity index (χ0n) is 19.8. The summed E-state index contributed by atoms with van der Waals surface area (Å²) in [5.74, 6) is 0. The summed E-state index contributed by atoms with van der Waals surface area (Å²) in [6.45, 7) is 11.4. The molecule has 0 radical (unpaired) electrons. The van der Waals surface area contributed by atoms with Crippen LogP contribution in [0.1, 0.15) is 52.9 Å². The fraction of sp³-hybridized carbons (Fsp3) is 0.538. The zero-order valence-corrected chi connectivity index (χ0v) is 21.6. The Hall–Kier alpha value is -1.19. The highest BCUT2D eigenvalue weighted by molar-refractivity contribution is 7.79. The summed E-state index contributed by atoms with van der Waals surface area (Å²) in [4.78, 5) is 0. The van der Waals surface area contributed by atoms with E-state index in [2.05, 4.69) is 33.9 Å². The molecule has 3 atom stereocenters. The molecule has 1 aliphatic rings. The van der Waals surface area contributed by atoms with Crippen molar-refractivity contribution in [2.24, 2.45) is 0 Å². The average molecular weight is 459 g/mol. The van der Waals surface area contributed by atoms with Gasteiger partial charge in [0.05, 0.1) is 6.10 Å². The minimum Gasteiger partial charge on any atom is -0.414 e. The van der Waals surface area contributed by atoms with Crippen molar-refractivity contribution in [1.82, 2.24) is 0 Å². The molecule has 0 amide bonds. The standard InChI is InChI=1S/C26H39O3PSi/c1-26(2,3)31(4,5)29-21-13-12-18-24(27)25(20-19-21)30(28,22-14-8-6-9-15-22)23-16-10-7-11-17-23/h6-11,14-17,21,24-25,27H,12-13,18-20H2,1-5H3/t21-,24+,25+/m0/s1. The molecule has 3 rings (SSSR count). The molecule has 2 aromatic carbocycles. The molecule has 2 aromatic rings. The van der Waals surface area contributed by atoms with Crippen molar-refractivity contribution in [3.8, 4) is 0 Å². The van der Waals surface area contributed by atoms with E-state index >= 15 is 0 Å². The third-order valence-corrected chi connectivity index (χ3v) is 15.5. The normalized spacial score (nSPS) is 23.7. The Morgan fingerprint density at radius 2 is 1.39 bits per heavy atom. The van der Waals surface area contributed by atoms with Crippen molar-refractivity contribution in [1.29, 1.82) is 0 Å². The van der Waals surface area contributed by atoms with Gasteiger partial charge in [-0.05, 0) is 50.2 Å². The molecule has 0 unspecified atom stereocenters. The summed E-state index contributed by atoms with van der Waals surface area (Å²) >= 11 is 0. The Morgan fingerprint density at radius 1 is 0.871 bits per heavy atom. The van der Waals surface area contributed by atoms with Gasteiger partial charge in [0.15, 0.2) is 8.32 Å². The van der Waals surface area contributed by atoms with Crippen molar-refractivity contribution in [2.75, 3.05) is 0 Å². The van der Waals surface area contributed by atoms with Gasteiger partial charge in [-0.15, -0.1) is 0 Å². The summed E-state index contributed by atoms with van der Waals surface area (Å²) in [5.41, 5.74) is -0.289. The second kappa shape index (κ2) is 9.75. The third kappa shape index (κ3) is 5.42. The van der Waals surface area contributed by atoms with Crippen LogP contribution in [0.15, 0.2) is 60.7 Å². The van der Waals surface area contributed by atoms with Gasteiger partial charge in [-0.25, -0.2) is 0 Å². The van der Waals surface area contributed by atoms with Crippen LogP contribution in [0.3, 0.4) is 0 Å². The minimum atomic E-state index is -3.01. The third-order valence-electron chi connectivity index (χ3n) is 7.27. The molecule has 1 aliphatic carbocycles. The SMILES string of the molecule is CC(C)(C)[Si](C)(C)O[C@H]1CCC[C@@H](O)[C@H](P(=O)(c2ccccc2)c2ccccc2)CC1. The van der Waals surface area contributed by atoms with E-state index in [0.29, 0.717) is 12.8 Å². The maximum absolute atomic E-state index is 14.8. The van der Waals surface area contributed by atoms with Crippen LogP contribution in [0.5, 0.6) is 0 Å². The molecule has 0 aliphatic heterocycles. The second-order valence-corrected chi connectivity index (χ2v) is 18.2. The van der Waals surface area contributed by atoms with E-state index in [0.717, 1.165) is 29.9 Å².